The largest absolute Gasteiger partial charge is 0.465 e. The van der Waals surface area contributed by atoms with Crippen LogP contribution in [0.5, 0.6) is 0 Å². The van der Waals surface area contributed by atoms with Gasteiger partial charge in [-0.05, 0) is 43.3 Å². The zero-order valence-electron chi connectivity index (χ0n) is 11.4. The van der Waals surface area contributed by atoms with Gasteiger partial charge in [0, 0.05) is 18.2 Å². The Morgan fingerprint density at radius 2 is 1.80 bits per heavy atom. The van der Waals surface area contributed by atoms with Crippen molar-refractivity contribution < 1.29 is 14.0 Å². The molecule has 2 aromatic rings. The lowest BCUT2D eigenvalue weighted by Crippen LogP contribution is -2.22. The molecule has 0 spiro atoms. The average Bonchev–Trinajstić information content (AvgIpc) is 2.82. The van der Waals surface area contributed by atoms with Crippen LogP contribution in [-0.4, -0.2) is 11.8 Å². The van der Waals surface area contributed by atoms with E-state index in [1.807, 2.05) is 19.1 Å². The van der Waals surface area contributed by atoms with Crippen LogP contribution in [0.2, 0.25) is 0 Å². The van der Waals surface area contributed by atoms with Crippen LogP contribution in [0.3, 0.4) is 0 Å². The van der Waals surface area contributed by atoms with Crippen LogP contribution < -0.4 is 10.6 Å². The number of benzene rings is 1. The second kappa shape index (κ2) is 6.06. The van der Waals surface area contributed by atoms with Crippen LogP contribution in [0.15, 0.2) is 40.8 Å². The molecular formula is C15H16N2O3. The maximum atomic E-state index is 11.9. The number of carbonyl (C=O) groups excluding carboxylic acids is 2. The van der Waals surface area contributed by atoms with E-state index in [1.165, 1.54) is 6.92 Å². The Morgan fingerprint density at radius 3 is 2.35 bits per heavy atom. The van der Waals surface area contributed by atoms with E-state index in [4.69, 9.17) is 4.42 Å². The summed E-state index contributed by atoms with van der Waals surface area (Å²) in [6, 6.07) is 10.4. The quantitative estimate of drug-likeness (QED) is 0.898. The summed E-state index contributed by atoms with van der Waals surface area (Å²) in [7, 11) is 0. The minimum atomic E-state index is -0.187. The number of hydrogen-bond acceptors (Lipinski definition) is 3. The van der Waals surface area contributed by atoms with Gasteiger partial charge in [-0.1, -0.05) is 0 Å². The lowest BCUT2D eigenvalue weighted by molar-refractivity contribution is -0.114. The lowest BCUT2D eigenvalue weighted by Gasteiger charge is -2.05. The van der Waals surface area contributed by atoms with Gasteiger partial charge < -0.3 is 15.1 Å². The molecule has 20 heavy (non-hydrogen) atoms. The van der Waals surface area contributed by atoms with E-state index in [2.05, 4.69) is 10.6 Å². The Labute approximate surface area is 117 Å². The van der Waals surface area contributed by atoms with Gasteiger partial charge in [-0.15, -0.1) is 0 Å². The predicted octanol–water partition coefficient (Wildman–Crippen LogP) is 2.48. The molecule has 5 nitrogen and oxygen atoms in total. The molecule has 1 heterocycles. The van der Waals surface area contributed by atoms with Gasteiger partial charge >= 0.3 is 0 Å². The summed E-state index contributed by atoms with van der Waals surface area (Å²) in [6.45, 7) is 3.64. The highest BCUT2D eigenvalue weighted by molar-refractivity contribution is 5.95. The number of carbonyl (C=O) groups is 2. The monoisotopic (exact) mass is 272 g/mol. The summed E-state index contributed by atoms with van der Waals surface area (Å²) in [5.41, 5.74) is 1.19. The Morgan fingerprint density at radius 1 is 1.10 bits per heavy atom. The van der Waals surface area contributed by atoms with Crippen molar-refractivity contribution in [2.75, 3.05) is 5.32 Å². The molecule has 104 valence electrons. The Bertz CT molecular complexity index is 614. The Balaban J connectivity index is 1.93. The molecular weight excluding hydrogens is 256 g/mol. The first kappa shape index (κ1) is 13.9. The highest BCUT2D eigenvalue weighted by Crippen LogP contribution is 2.10. The molecule has 2 rings (SSSR count). The van der Waals surface area contributed by atoms with Gasteiger partial charge in [-0.25, -0.2) is 0 Å². The average molecular weight is 272 g/mol. The standard InChI is InChI=1S/C15H16N2O3/c1-10-3-8-14(20-10)9-16-15(19)12-4-6-13(7-5-12)17-11(2)18/h3-8H,9H2,1-2H3,(H,16,19)(H,17,18). The number of amides is 2. The van der Waals surface area contributed by atoms with Crippen molar-refractivity contribution in [3.8, 4) is 0 Å². The summed E-state index contributed by atoms with van der Waals surface area (Å²) in [4.78, 5) is 22.8. The molecule has 0 radical (unpaired) electrons. The van der Waals surface area contributed by atoms with Crippen molar-refractivity contribution >= 4 is 17.5 Å². The molecule has 0 aliphatic heterocycles. The fraction of sp³-hybridized carbons (Fsp3) is 0.200. The van der Waals surface area contributed by atoms with E-state index in [0.29, 0.717) is 23.6 Å². The first-order valence-electron chi connectivity index (χ1n) is 6.26. The van der Waals surface area contributed by atoms with E-state index < -0.39 is 0 Å². The first-order chi connectivity index (χ1) is 9.54. The minimum absolute atomic E-state index is 0.143. The summed E-state index contributed by atoms with van der Waals surface area (Å²) >= 11 is 0. The molecule has 0 aliphatic rings. The molecule has 5 heteroatoms. The zero-order chi connectivity index (χ0) is 14.5. The first-order valence-corrected chi connectivity index (χ1v) is 6.26. The summed E-state index contributed by atoms with van der Waals surface area (Å²) in [5, 5.41) is 5.41. The maximum Gasteiger partial charge on any atom is 0.251 e. The van der Waals surface area contributed by atoms with Gasteiger partial charge in [0.15, 0.2) is 0 Å². The lowest BCUT2D eigenvalue weighted by atomic mass is 10.2. The molecule has 0 saturated carbocycles. The second-order valence-electron chi connectivity index (χ2n) is 4.45. The molecule has 0 atom stereocenters. The van der Waals surface area contributed by atoms with E-state index in [-0.39, 0.29) is 11.8 Å². The smallest absolute Gasteiger partial charge is 0.251 e. The normalized spacial score (nSPS) is 10.1. The third-order valence-corrected chi connectivity index (χ3v) is 2.69. The minimum Gasteiger partial charge on any atom is -0.465 e. The highest BCUT2D eigenvalue weighted by Gasteiger charge is 2.06. The molecule has 0 bridgehead atoms. The van der Waals surface area contributed by atoms with Crippen molar-refractivity contribution in [3.05, 3.63) is 53.5 Å². The van der Waals surface area contributed by atoms with E-state index in [1.54, 1.807) is 24.3 Å². The van der Waals surface area contributed by atoms with Crippen LogP contribution in [0, 0.1) is 6.92 Å². The van der Waals surface area contributed by atoms with Crippen molar-refractivity contribution in [3.63, 3.8) is 0 Å². The maximum absolute atomic E-state index is 11.9. The topological polar surface area (TPSA) is 71.3 Å². The fourth-order valence-electron chi connectivity index (χ4n) is 1.76. The SMILES string of the molecule is CC(=O)Nc1ccc(C(=O)NCc2ccc(C)o2)cc1. The van der Waals surface area contributed by atoms with Gasteiger partial charge in [0.05, 0.1) is 6.54 Å². The van der Waals surface area contributed by atoms with E-state index >= 15 is 0 Å². The number of furan rings is 1. The molecule has 2 amide bonds. The number of rotatable bonds is 4. The molecule has 1 aromatic heterocycles. The molecule has 1 aromatic carbocycles. The van der Waals surface area contributed by atoms with Crippen molar-refractivity contribution in [1.29, 1.82) is 0 Å². The summed E-state index contributed by atoms with van der Waals surface area (Å²) < 4.78 is 5.37. The zero-order valence-corrected chi connectivity index (χ0v) is 11.4. The number of nitrogens with one attached hydrogen (secondary N) is 2. The van der Waals surface area contributed by atoms with Crippen LogP contribution in [0.25, 0.3) is 0 Å². The van der Waals surface area contributed by atoms with Gasteiger partial charge in [0.25, 0.3) is 5.91 Å². The predicted molar refractivity (Wildman–Crippen MR) is 75.4 cm³/mol. The van der Waals surface area contributed by atoms with Crippen LogP contribution in [0.4, 0.5) is 5.69 Å². The molecule has 0 saturated heterocycles. The number of anilines is 1. The Hall–Kier alpha value is -2.56. The van der Waals surface area contributed by atoms with E-state index in [9.17, 15) is 9.59 Å². The van der Waals surface area contributed by atoms with Gasteiger partial charge in [-0.2, -0.15) is 0 Å². The van der Waals surface area contributed by atoms with Crippen LogP contribution in [-0.2, 0) is 11.3 Å². The third-order valence-electron chi connectivity index (χ3n) is 2.69. The van der Waals surface area contributed by atoms with Crippen molar-refractivity contribution in [2.24, 2.45) is 0 Å². The Kier molecular flexibility index (Phi) is 4.20. The van der Waals surface area contributed by atoms with Crippen molar-refractivity contribution in [1.82, 2.24) is 5.32 Å². The summed E-state index contributed by atoms with van der Waals surface area (Å²) in [6.07, 6.45) is 0. The molecule has 0 aliphatic carbocycles. The van der Waals surface area contributed by atoms with E-state index in [0.717, 1.165) is 5.76 Å². The fourth-order valence-corrected chi connectivity index (χ4v) is 1.76. The van der Waals surface area contributed by atoms with Crippen molar-refractivity contribution in [2.45, 2.75) is 20.4 Å². The molecule has 2 N–H and O–H groups in total. The van der Waals surface area contributed by atoms with Gasteiger partial charge in [0.2, 0.25) is 5.91 Å². The van der Waals surface area contributed by atoms with Crippen LogP contribution in [0.1, 0.15) is 28.8 Å². The van der Waals surface area contributed by atoms with Crippen LogP contribution >= 0.6 is 0 Å². The molecule has 0 fully saturated rings. The van der Waals surface area contributed by atoms with Gasteiger partial charge in [0.1, 0.15) is 11.5 Å². The summed E-state index contributed by atoms with van der Waals surface area (Å²) in [5.74, 6) is 1.20. The number of hydrogen-bond donors (Lipinski definition) is 2. The highest BCUT2D eigenvalue weighted by atomic mass is 16.3. The third kappa shape index (κ3) is 3.71. The number of aryl methyl sites for hydroxylation is 1. The second-order valence-corrected chi connectivity index (χ2v) is 4.45. The molecule has 0 unspecified atom stereocenters. The van der Waals surface area contributed by atoms with Gasteiger partial charge in [-0.3, -0.25) is 9.59 Å².